The molecule has 2 N–H and O–H groups in total. The Kier molecular flexibility index (Phi) is 2.39. The number of rotatable bonds is 2. The minimum atomic E-state index is 0.192. The summed E-state index contributed by atoms with van der Waals surface area (Å²) in [5.74, 6) is 0. The van der Waals surface area contributed by atoms with Gasteiger partial charge in [0.25, 0.3) is 6.02 Å². The molecule has 0 saturated heterocycles. The third kappa shape index (κ3) is 2.05. The van der Waals surface area contributed by atoms with Crippen molar-refractivity contribution in [1.29, 1.82) is 0 Å². The molecule has 0 spiro atoms. The average Bonchev–Trinajstić information content (AvgIpc) is 2.56. The van der Waals surface area contributed by atoms with Crippen LogP contribution >= 0.6 is 0 Å². The second-order valence-electron chi connectivity index (χ2n) is 3.62. The molecule has 0 saturated carbocycles. The highest BCUT2D eigenvalue weighted by molar-refractivity contribution is 5.73. The van der Waals surface area contributed by atoms with Gasteiger partial charge in [-0.1, -0.05) is 29.8 Å². The largest absolute Gasteiger partial charge is 0.463 e. The highest BCUT2D eigenvalue weighted by Gasteiger charge is 2.16. The molecule has 74 valence electrons. The lowest BCUT2D eigenvalue weighted by molar-refractivity contribution is 0.312. The Hall–Kier alpha value is -1.51. The molecule has 3 heteroatoms. The molecular weight excluding hydrogens is 176 g/mol. The zero-order valence-corrected chi connectivity index (χ0v) is 8.23. The number of ether oxygens (including phenoxy) is 1. The Bertz CT molecular complexity index is 343. The van der Waals surface area contributed by atoms with Crippen molar-refractivity contribution in [3.05, 3.63) is 35.4 Å². The van der Waals surface area contributed by atoms with Gasteiger partial charge in [-0.05, 0) is 18.9 Å². The van der Waals surface area contributed by atoms with Crippen molar-refractivity contribution in [1.82, 2.24) is 0 Å². The van der Waals surface area contributed by atoms with Crippen LogP contribution in [-0.2, 0) is 11.2 Å². The van der Waals surface area contributed by atoms with E-state index >= 15 is 0 Å². The predicted molar refractivity (Wildman–Crippen MR) is 56.2 cm³/mol. The summed E-state index contributed by atoms with van der Waals surface area (Å²) in [6.45, 7) is 2.69. The minimum Gasteiger partial charge on any atom is -0.463 e. The van der Waals surface area contributed by atoms with Crippen LogP contribution in [0.25, 0.3) is 0 Å². The number of nitrogens with two attached hydrogens (primary N) is 1. The highest BCUT2D eigenvalue weighted by Crippen LogP contribution is 2.11. The smallest absolute Gasteiger partial charge is 0.282 e. The Labute approximate surface area is 83.6 Å². The molecule has 1 aliphatic rings. The van der Waals surface area contributed by atoms with Crippen molar-refractivity contribution in [2.45, 2.75) is 19.4 Å². The number of amidine groups is 1. The van der Waals surface area contributed by atoms with Crippen LogP contribution in [0.5, 0.6) is 0 Å². The summed E-state index contributed by atoms with van der Waals surface area (Å²) in [5, 5.41) is 0. The summed E-state index contributed by atoms with van der Waals surface area (Å²) in [7, 11) is 0. The zero-order valence-electron chi connectivity index (χ0n) is 8.23. The molecule has 0 aromatic heterocycles. The molecule has 2 rings (SSSR count). The molecule has 0 fully saturated rings. The molecule has 0 aliphatic carbocycles. The first-order valence-electron chi connectivity index (χ1n) is 4.75. The Morgan fingerprint density at radius 1 is 1.43 bits per heavy atom. The van der Waals surface area contributed by atoms with Crippen LogP contribution in [0.1, 0.15) is 11.1 Å². The third-order valence-corrected chi connectivity index (χ3v) is 2.33. The maximum atomic E-state index is 5.43. The van der Waals surface area contributed by atoms with Crippen LogP contribution in [0.2, 0.25) is 0 Å². The van der Waals surface area contributed by atoms with Gasteiger partial charge in [-0.3, -0.25) is 0 Å². The third-order valence-electron chi connectivity index (χ3n) is 2.33. The summed E-state index contributed by atoms with van der Waals surface area (Å²) in [4.78, 5) is 4.18. The van der Waals surface area contributed by atoms with Gasteiger partial charge >= 0.3 is 0 Å². The van der Waals surface area contributed by atoms with E-state index in [0.717, 1.165) is 6.42 Å². The first kappa shape index (κ1) is 9.06. The van der Waals surface area contributed by atoms with E-state index in [0.29, 0.717) is 12.6 Å². The lowest BCUT2D eigenvalue weighted by Crippen LogP contribution is -2.11. The van der Waals surface area contributed by atoms with Crippen LogP contribution in [0.15, 0.2) is 29.3 Å². The molecule has 1 unspecified atom stereocenters. The highest BCUT2D eigenvalue weighted by atomic mass is 16.5. The fourth-order valence-corrected chi connectivity index (χ4v) is 1.54. The Morgan fingerprint density at radius 3 is 2.71 bits per heavy atom. The summed E-state index contributed by atoms with van der Waals surface area (Å²) >= 11 is 0. The molecule has 1 aromatic carbocycles. The van der Waals surface area contributed by atoms with E-state index in [9.17, 15) is 0 Å². The van der Waals surface area contributed by atoms with E-state index in [1.54, 1.807) is 0 Å². The molecule has 14 heavy (non-hydrogen) atoms. The van der Waals surface area contributed by atoms with Crippen LogP contribution in [0, 0.1) is 6.92 Å². The second kappa shape index (κ2) is 3.70. The van der Waals surface area contributed by atoms with Crippen molar-refractivity contribution in [3.8, 4) is 0 Å². The van der Waals surface area contributed by atoms with Gasteiger partial charge in [-0.25, -0.2) is 4.99 Å². The summed E-state index contributed by atoms with van der Waals surface area (Å²) in [6.07, 6.45) is 0.904. The number of hydrogen-bond acceptors (Lipinski definition) is 3. The lowest BCUT2D eigenvalue weighted by atomic mass is 10.1. The van der Waals surface area contributed by atoms with Crippen molar-refractivity contribution in [2.24, 2.45) is 10.7 Å². The molecule has 0 amide bonds. The monoisotopic (exact) mass is 190 g/mol. The predicted octanol–water partition coefficient (Wildman–Crippen LogP) is 1.25. The summed E-state index contributed by atoms with van der Waals surface area (Å²) in [5.41, 5.74) is 7.99. The molecule has 0 bridgehead atoms. The molecular formula is C11H14N2O. The summed E-state index contributed by atoms with van der Waals surface area (Å²) in [6, 6.07) is 8.98. The quantitative estimate of drug-likeness (QED) is 0.763. The molecule has 1 heterocycles. The van der Waals surface area contributed by atoms with Gasteiger partial charge in [-0.15, -0.1) is 0 Å². The van der Waals surface area contributed by atoms with Gasteiger partial charge in [0, 0.05) is 0 Å². The van der Waals surface area contributed by atoms with E-state index in [1.807, 2.05) is 0 Å². The number of nitrogens with zero attached hydrogens (tertiary/aromatic N) is 1. The van der Waals surface area contributed by atoms with Gasteiger partial charge in [0.05, 0.1) is 6.04 Å². The van der Waals surface area contributed by atoms with Gasteiger partial charge in [0.2, 0.25) is 0 Å². The first-order valence-corrected chi connectivity index (χ1v) is 4.75. The van der Waals surface area contributed by atoms with Crippen LogP contribution in [0.4, 0.5) is 0 Å². The maximum Gasteiger partial charge on any atom is 0.282 e. The first-order chi connectivity index (χ1) is 6.74. The molecule has 1 aliphatic heterocycles. The Morgan fingerprint density at radius 2 is 2.14 bits per heavy atom. The van der Waals surface area contributed by atoms with Crippen molar-refractivity contribution < 1.29 is 4.74 Å². The van der Waals surface area contributed by atoms with Crippen molar-refractivity contribution in [3.63, 3.8) is 0 Å². The normalized spacial score (nSPS) is 20.4. The van der Waals surface area contributed by atoms with Crippen LogP contribution in [0.3, 0.4) is 0 Å². The summed E-state index contributed by atoms with van der Waals surface area (Å²) < 4.78 is 5.09. The number of benzene rings is 1. The van der Waals surface area contributed by atoms with Crippen molar-refractivity contribution in [2.75, 3.05) is 6.61 Å². The number of aliphatic imine (C=N–C) groups is 1. The average molecular weight is 190 g/mol. The molecule has 1 aromatic rings. The second-order valence-corrected chi connectivity index (χ2v) is 3.62. The van der Waals surface area contributed by atoms with Gasteiger partial charge in [0.15, 0.2) is 0 Å². The molecule has 0 radical (unpaired) electrons. The zero-order chi connectivity index (χ0) is 9.97. The van der Waals surface area contributed by atoms with E-state index in [-0.39, 0.29) is 6.04 Å². The topological polar surface area (TPSA) is 47.6 Å². The number of hydrogen-bond donors (Lipinski definition) is 1. The van der Waals surface area contributed by atoms with Crippen molar-refractivity contribution >= 4 is 6.02 Å². The Balaban J connectivity index is 2.01. The minimum absolute atomic E-state index is 0.192. The van der Waals surface area contributed by atoms with E-state index in [1.165, 1.54) is 11.1 Å². The lowest BCUT2D eigenvalue weighted by Gasteiger charge is -2.04. The van der Waals surface area contributed by atoms with E-state index < -0.39 is 0 Å². The van der Waals surface area contributed by atoms with Crippen LogP contribution < -0.4 is 5.73 Å². The maximum absolute atomic E-state index is 5.43. The van der Waals surface area contributed by atoms with Gasteiger partial charge < -0.3 is 10.5 Å². The fraction of sp³-hybridized carbons (Fsp3) is 0.364. The fourth-order valence-electron chi connectivity index (χ4n) is 1.54. The van der Waals surface area contributed by atoms with Crippen LogP contribution in [-0.4, -0.2) is 18.7 Å². The van der Waals surface area contributed by atoms with E-state index in [4.69, 9.17) is 10.5 Å². The van der Waals surface area contributed by atoms with Gasteiger partial charge in [-0.2, -0.15) is 0 Å². The molecule has 3 nitrogen and oxygen atoms in total. The standard InChI is InChI=1S/C11H14N2O/c1-8-2-4-9(5-3-8)6-10-7-14-11(12)13-10/h2-5,10H,6-7H2,1H3,(H2,12,13). The van der Waals surface area contributed by atoms with E-state index in [2.05, 4.69) is 36.2 Å². The molecule has 1 atom stereocenters. The SMILES string of the molecule is Cc1ccc(CC2COC(N)=N2)cc1. The number of aryl methyl sites for hydroxylation is 1. The van der Waals surface area contributed by atoms with Gasteiger partial charge in [0.1, 0.15) is 6.61 Å².